The first-order valence-electron chi connectivity index (χ1n) is 9.93. The Hall–Kier alpha value is -3.90. The predicted molar refractivity (Wildman–Crippen MR) is 125 cm³/mol. The molecule has 1 amide bonds. The van der Waals surface area contributed by atoms with Crippen LogP contribution in [0.15, 0.2) is 77.6 Å². The Morgan fingerprint density at radius 3 is 2.50 bits per heavy atom. The molecule has 160 valence electrons. The number of carbonyl (C=O) groups excluding carboxylic acids is 1. The lowest BCUT2D eigenvalue weighted by molar-refractivity contribution is 0.0951. The summed E-state index contributed by atoms with van der Waals surface area (Å²) in [5, 5.41) is 13.2. The van der Waals surface area contributed by atoms with Crippen LogP contribution in [0.1, 0.15) is 21.5 Å². The van der Waals surface area contributed by atoms with Crippen LogP contribution in [0.25, 0.3) is 22.5 Å². The van der Waals surface area contributed by atoms with Crippen molar-refractivity contribution in [2.75, 3.05) is 0 Å². The largest absolute Gasteiger partial charge is 0.508 e. The third-order valence-corrected chi connectivity index (χ3v) is 5.27. The highest BCUT2D eigenvalue weighted by atomic mass is 35.5. The van der Waals surface area contributed by atoms with Gasteiger partial charge in [-0.05, 0) is 72.1 Å². The number of hydrogen-bond acceptors (Lipinski definition) is 4. The number of aromatic amines is 1. The molecule has 0 atom stereocenters. The number of nitrogens with one attached hydrogen (secondary N) is 2. The highest BCUT2D eigenvalue weighted by molar-refractivity contribution is 6.30. The summed E-state index contributed by atoms with van der Waals surface area (Å²) >= 11 is 5.98. The van der Waals surface area contributed by atoms with Gasteiger partial charge in [-0.15, -0.1) is 0 Å². The number of phenols is 1. The molecule has 3 aromatic carbocycles. The van der Waals surface area contributed by atoms with Gasteiger partial charge in [-0.1, -0.05) is 35.9 Å². The Balaban J connectivity index is 1.53. The Bertz CT molecular complexity index is 1350. The molecule has 1 aromatic heterocycles. The van der Waals surface area contributed by atoms with Gasteiger partial charge in [0.25, 0.3) is 5.91 Å². The maximum absolute atomic E-state index is 12.5. The average molecular weight is 446 g/mol. The van der Waals surface area contributed by atoms with E-state index in [0.29, 0.717) is 34.1 Å². The fraction of sp³-hybridized carbons (Fsp3) is 0.0800. The normalized spacial score (nSPS) is 10.7. The van der Waals surface area contributed by atoms with Crippen molar-refractivity contribution in [3.05, 3.63) is 105 Å². The Labute approximate surface area is 189 Å². The SMILES string of the molecule is Cc1cc(-c2cc(-c3ccc(C(=O)NCc4cccc(Cl)c4)cc3)[nH]c(=O)n2)ccc1O. The summed E-state index contributed by atoms with van der Waals surface area (Å²) in [5.41, 5.74) is 4.17. The maximum atomic E-state index is 12.5. The van der Waals surface area contributed by atoms with E-state index in [1.807, 2.05) is 12.1 Å². The second-order valence-corrected chi connectivity index (χ2v) is 7.81. The van der Waals surface area contributed by atoms with E-state index in [1.165, 1.54) is 0 Å². The number of aromatic hydroxyl groups is 1. The summed E-state index contributed by atoms with van der Waals surface area (Å²) in [6, 6.07) is 21.1. The van der Waals surface area contributed by atoms with E-state index < -0.39 is 5.69 Å². The maximum Gasteiger partial charge on any atom is 0.345 e. The summed E-state index contributed by atoms with van der Waals surface area (Å²) in [6.07, 6.45) is 0. The first-order chi connectivity index (χ1) is 15.4. The number of amides is 1. The molecule has 0 aliphatic carbocycles. The molecule has 0 saturated heterocycles. The molecule has 32 heavy (non-hydrogen) atoms. The number of nitrogens with zero attached hydrogens (tertiary/aromatic N) is 1. The smallest absolute Gasteiger partial charge is 0.345 e. The standard InChI is InChI=1S/C25H20ClN3O3/c1-15-11-19(9-10-23(15)30)22-13-21(28-25(32)29-22)17-5-7-18(8-6-17)24(31)27-14-16-3-2-4-20(26)12-16/h2-13,30H,14H2,1H3,(H,27,31)(H,28,29,32). The van der Waals surface area contributed by atoms with Gasteiger partial charge in [0.15, 0.2) is 0 Å². The van der Waals surface area contributed by atoms with Crippen LogP contribution in [0.3, 0.4) is 0 Å². The van der Waals surface area contributed by atoms with Crippen molar-refractivity contribution in [1.29, 1.82) is 0 Å². The third-order valence-electron chi connectivity index (χ3n) is 5.04. The van der Waals surface area contributed by atoms with Crippen LogP contribution in [0, 0.1) is 6.92 Å². The number of rotatable bonds is 5. The van der Waals surface area contributed by atoms with Gasteiger partial charge >= 0.3 is 5.69 Å². The minimum atomic E-state index is -0.480. The van der Waals surface area contributed by atoms with Crippen molar-refractivity contribution >= 4 is 17.5 Å². The molecule has 0 radical (unpaired) electrons. The summed E-state index contributed by atoms with van der Waals surface area (Å²) in [4.78, 5) is 31.4. The Kier molecular flexibility index (Phi) is 6.05. The van der Waals surface area contributed by atoms with Crippen LogP contribution in [0.2, 0.25) is 5.02 Å². The lowest BCUT2D eigenvalue weighted by Gasteiger charge is -2.08. The number of hydrogen-bond donors (Lipinski definition) is 3. The highest BCUT2D eigenvalue weighted by Crippen LogP contribution is 2.26. The van der Waals surface area contributed by atoms with Crippen molar-refractivity contribution in [1.82, 2.24) is 15.3 Å². The predicted octanol–water partition coefficient (Wildman–Crippen LogP) is 4.70. The topological polar surface area (TPSA) is 95.1 Å². The molecule has 1 heterocycles. The molecule has 0 fully saturated rings. The van der Waals surface area contributed by atoms with Gasteiger partial charge in [-0.2, -0.15) is 4.98 Å². The molecule has 6 nitrogen and oxygen atoms in total. The summed E-state index contributed by atoms with van der Waals surface area (Å²) in [5.74, 6) is -0.0250. The second-order valence-electron chi connectivity index (χ2n) is 7.38. The van der Waals surface area contributed by atoms with Gasteiger partial charge in [0.2, 0.25) is 0 Å². The van der Waals surface area contributed by atoms with Crippen LogP contribution >= 0.6 is 11.6 Å². The van der Waals surface area contributed by atoms with E-state index in [1.54, 1.807) is 67.6 Å². The van der Waals surface area contributed by atoms with Gasteiger partial charge in [-0.3, -0.25) is 4.79 Å². The molecule has 0 aliphatic rings. The van der Waals surface area contributed by atoms with Crippen molar-refractivity contribution in [3.8, 4) is 28.3 Å². The summed E-state index contributed by atoms with van der Waals surface area (Å²) < 4.78 is 0. The summed E-state index contributed by atoms with van der Waals surface area (Å²) in [6.45, 7) is 2.15. The molecular formula is C25H20ClN3O3. The minimum Gasteiger partial charge on any atom is -0.508 e. The van der Waals surface area contributed by atoms with E-state index in [2.05, 4.69) is 15.3 Å². The zero-order chi connectivity index (χ0) is 22.7. The number of carbonyl (C=O) groups is 1. The fourth-order valence-electron chi connectivity index (χ4n) is 3.31. The molecule has 3 N–H and O–H groups in total. The van der Waals surface area contributed by atoms with E-state index in [-0.39, 0.29) is 11.7 Å². The quantitative estimate of drug-likeness (QED) is 0.415. The Morgan fingerprint density at radius 1 is 1.03 bits per heavy atom. The zero-order valence-corrected chi connectivity index (χ0v) is 18.0. The number of phenolic OH excluding ortho intramolecular Hbond substituents is 1. The van der Waals surface area contributed by atoms with Crippen molar-refractivity contribution in [2.24, 2.45) is 0 Å². The molecule has 0 bridgehead atoms. The Morgan fingerprint density at radius 2 is 1.78 bits per heavy atom. The number of aromatic nitrogens is 2. The van der Waals surface area contributed by atoms with Crippen LogP contribution < -0.4 is 11.0 Å². The van der Waals surface area contributed by atoms with Crippen LogP contribution in [0.4, 0.5) is 0 Å². The van der Waals surface area contributed by atoms with Crippen molar-refractivity contribution in [2.45, 2.75) is 13.5 Å². The second kappa shape index (κ2) is 9.08. The number of H-pyrrole nitrogens is 1. The lowest BCUT2D eigenvalue weighted by Crippen LogP contribution is -2.22. The van der Waals surface area contributed by atoms with Gasteiger partial charge in [0.05, 0.1) is 11.4 Å². The lowest BCUT2D eigenvalue weighted by atomic mass is 10.0. The fourth-order valence-corrected chi connectivity index (χ4v) is 3.52. The molecule has 0 spiro atoms. The number of benzene rings is 3. The van der Waals surface area contributed by atoms with Crippen LogP contribution in [-0.2, 0) is 6.54 Å². The van der Waals surface area contributed by atoms with Crippen LogP contribution in [-0.4, -0.2) is 21.0 Å². The van der Waals surface area contributed by atoms with Crippen molar-refractivity contribution in [3.63, 3.8) is 0 Å². The van der Waals surface area contributed by atoms with E-state index in [0.717, 1.165) is 16.7 Å². The van der Waals surface area contributed by atoms with Gasteiger partial charge in [0.1, 0.15) is 5.75 Å². The number of halogens is 1. The van der Waals surface area contributed by atoms with E-state index in [9.17, 15) is 14.7 Å². The molecule has 0 saturated carbocycles. The van der Waals surface area contributed by atoms with Crippen LogP contribution in [0.5, 0.6) is 5.75 Å². The average Bonchev–Trinajstić information content (AvgIpc) is 2.79. The highest BCUT2D eigenvalue weighted by Gasteiger charge is 2.10. The molecule has 4 rings (SSSR count). The molecular weight excluding hydrogens is 426 g/mol. The summed E-state index contributed by atoms with van der Waals surface area (Å²) in [7, 11) is 0. The molecule has 0 aliphatic heterocycles. The van der Waals surface area contributed by atoms with Crippen molar-refractivity contribution < 1.29 is 9.90 Å². The monoisotopic (exact) mass is 445 g/mol. The van der Waals surface area contributed by atoms with Gasteiger partial charge in [0, 0.05) is 22.7 Å². The number of aryl methyl sites for hydroxylation is 1. The van der Waals surface area contributed by atoms with Gasteiger partial charge < -0.3 is 15.4 Å². The van der Waals surface area contributed by atoms with Gasteiger partial charge in [-0.25, -0.2) is 4.79 Å². The molecule has 4 aromatic rings. The minimum absolute atomic E-state index is 0.183. The van der Waals surface area contributed by atoms with E-state index >= 15 is 0 Å². The zero-order valence-electron chi connectivity index (χ0n) is 17.2. The van der Waals surface area contributed by atoms with E-state index in [4.69, 9.17) is 11.6 Å². The first kappa shape index (κ1) is 21.3. The first-order valence-corrected chi connectivity index (χ1v) is 10.3. The molecule has 7 heteroatoms. The molecule has 0 unspecified atom stereocenters. The third kappa shape index (κ3) is 4.87.